The second-order valence-electron chi connectivity index (χ2n) is 5.97. The lowest BCUT2D eigenvalue weighted by Crippen LogP contribution is -2.56. The molecule has 1 fully saturated rings. The lowest BCUT2D eigenvalue weighted by Gasteiger charge is -2.31. The van der Waals surface area contributed by atoms with Crippen LogP contribution in [0.25, 0.3) is 0 Å². The maximum Gasteiger partial charge on any atom is 0.240 e. The second kappa shape index (κ2) is 8.85. The molecule has 134 valence electrons. The van der Waals surface area contributed by atoms with E-state index >= 15 is 0 Å². The largest absolute Gasteiger partial charge is 0.457 e. The zero-order valence-corrected chi connectivity index (χ0v) is 14.8. The Morgan fingerprint density at radius 2 is 1.72 bits per heavy atom. The summed E-state index contributed by atoms with van der Waals surface area (Å²) in [5.74, 6) is 1.35. The number of carbonyl (C=O) groups excluding carboxylic acids is 1. The average molecular weight is 363 g/mol. The molecule has 0 spiro atoms. The molecular formula is C19H23ClN2O3. The third-order valence-corrected chi connectivity index (χ3v) is 4.22. The third-order valence-electron chi connectivity index (χ3n) is 4.22. The Hall–Kier alpha value is -2.08. The first-order valence-electron chi connectivity index (χ1n) is 8.13. The van der Waals surface area contributed by atoms with Crippen LogP contribution in [-0.4, -0.2) is 24.7 Å². The van der Waals surface area contributed by atoms with Gasteiger partial charge in [0.1, 0.15) is 11.5 Å². The van der Waals surface area contributed by atoms with Crippen LogP contribution in [0.3, 0.4) is 0 Å². The van der Waals surface area contributed by atoms with E-state index in [1.165, 1.54) is 0 Å². The zero-order chi connectivity index (χ0) is 16.8. The van der Waals surface area contributed by atoms with Crippen LogP contribution >= 0.6 is 12.4 Å². The molecule has 2 aromatic rings. The first-order chi connectivity index (χ1) is 11.7. The predicted octanol–water partition coefficient (Wildman–Crippen LogP) is 3.02. The highest BCUT2D eigenvalue weighted by molar-refractivity contribution is 5.86. The summed E-state index contributed by atoms with van der Waals surface area (Å²) in [4.78, 5) is 12.4. The van der Waals surface area contributed by atoms with E-state index in [1.807, 2.05) is 54.6 Å². The van der Waals surface area contributed by atoms with Gasteiger partial charge in [-0.15, -0.1) is 12.4 Å². The number of halogens is 1. The quantitative estimate of drug-likeness (QED) is 0.857. The lowest BCUT2D eigenvalue weighted by molar-refractivity contribution is -0.129. The first kappa shape index (κ1) is 19.2. The number of hydrogen-bond donors (Lipinski definition) is 2. The predicted molar refractivity (Wildman–Crippen MR) is 99.0 cm³/mol. The summed E-state index contributed by atoms with van der Waals surface area (Å²) in [7, 11) is 0. The molecule has 3 rings (SSSR count). The maximum absolute atomic E-state index is 12.4. The van der Waals surface area contributed by atoms with Crippen LogP contribution in [0.4, 0.5) is 0 Å². The SMILES string of the molecule is Cl.NC1(C(=O)NCc2ccccc2Oc2ccccc2)CCOCC1. The Morgan fingerprint density at radius 1 is 1.08 bits per heavy atom. The summed E-state index contributed by atoms with van der Waals surface area (Å²) >= 11 is 0. The van der Waals surface area contributed by atoms with Gasteiger partial charge in [-0.3, -0.25) is 4.79 Å². The van der Waals surface area contributed by atoms with Gasteiger partial charge < -0.3 is 20.5 Å². The van der Waals surface area contributed by atoms with Gasteiger partial charge in [-0.25, -0.2) is 0 Å². The molecule has 25 heavy (non-hydrogen) atoms. The highest BCUT2D eigenvalue weighted by Crippen LogP contribution is 2.25. The number of carbonyl (C=O) groups is 1. The molecule has 1 amide bonds. The first-order valence-corrected chi connectivity index (χ1v) is 8.13. The minimum atomic E-state index is -0.840. The fourth-order valence-corrected chi connectivity index (χ4v) is 2.68. The number of nitrogens with one attached hydrogen (secondary N) is 1. The summed E-state index contributed by atoms with van der Waals surface area (Å²) in [6, 6.07) is 17.2. The molecule has 0 atom stereocenters. The molecule has 1 aliphatic heterocycles. The fraction of sp³-hybridized carbons (Fsp3) is 0.316. The van der Waals surface area contributed by atoms with Crippen molar-refractivity contribution in [1.82, 2.24) is 5.32 Å². The Balaban J connectivity index is 0.00000225. The topological polar surface area (TPSA) is 73.6 Å². The number of benzene rings is 2. The summed E-state index contributed by atoms with van der Waals surface area (Å²) in [6.07, 6.45) is 1.09. The van der Waals surface area contributed by atoms with E-state index < -0.39 is 5.54 Å². The normalized spacial score (nSPS) is 15.7. The van der Waals surface area contributed by atoms with Gasteiger partial charge in [0, 0.05) is 25.3 Å². The van der Waals surface area contributed by atoms with Crippen LogP contribution in [0, 0.1) is 0 Å². The Morgan fingerprint density at radius 3 is 2.44 bits per heavy atom. The standard InChI is InChI=1S/C19H22N2O3.ClH/c20-19(10-12-23-13-11-19)18(22)21-14-15-6-4-5-9-17(15)24-16-7-2-1-3-8-16;/h1-9H,10-14,20H2,(H,21,22);1H. The smallest absolute Gasteiger partial charge is 0.240 e. The van der Waals surface area contributed by atoms with E-state index in [0.29, 0.717) is 32.6 Å². The highest BCUT2D eigenvalue weighted by Gasteiger charge is 2.35. The van der Waals surface area contributed by atoms with Crippen LogP contribution in [0.1, 0.15) is 18.4 Å². The number of hydrogen-bond acceptors (Lipinski definition) is 4. The molecule has 0 unspecified atom stereocenters. The van der Waals surface area contributed by atoms with E-state index in [1.54, 1.807) is 0 Å². The second-order valence-corrected chi connectivity index (χ2v) is 5.97. The van der Waals surface area contributed by atoms with Gasteiger partial charge in [-0.05, 0) is 31.0 Å². The molecule has 5 nitrogen and oxygen atoms in total. The molecule has 0 radical (unpaired) electrons. The van der Waals surface area contributed by atoms with Crippen molar-refractivity contribution in [3.63, 3.8) is 0 Å². The number of para-hydroxylation sites is 2. The molecule has 1 saturated heterocycles. The van der Waals surface area contributed by atoms with Gasteiger partial charge >= 0.3 is 0 Å². The molecule has 0 aliphatic carbocycles. The van der Waals surface area contributed by atoms with E-state index in [2.05, 4.69) is 5.32 Å². The summed E-state index contributed by atoms with van der Waals surface area (Å²) in [5, 5.41) is 2.94. The average Bonchev–Trinajstić information content (AvgIpc) is 2.62. The highest BCUT2D eigenvalue weighted by atomic mass is 35.5. The van der Waals surface area contributed by atoms with Crippen molar-refractivity contribution in [3.05, 3.63) is 60.2 Å². The molecule has 0 saturated carbocycles. The van der Waals surface area contributed by atoms with Gasteiger partial charge in [0.15, 0.2) is 0 Å². The number of nitrogens with two attached hydrogens (primary N) is 1. The number of ether oxygens (including phenoxy) is 2. The fourth-order valence-electron chi connectivity index (χ4n) is 2.68. The summed E-state index contributed by atoms with van der Waals surface area (Å²) < 4.78 is 11.2. The molecule has 0 bridgehead atoms. The summed E-state index contributed by atoms with van der Waals surface area (Å²) in [6.45, 7) is 1.43. The van der Waals surface area contributed by atoms with Gasteiger partial charge in [-0.2, -0.15) is 0 Å². The van der Waals surface area contributed by atoms with Gasteiger partial charge in [0.05, 0.1) is 5.54 Å². The number of amides is 1. The Labute approximate surface area is 153 Å². The van der Waals surface area contributed by atoms with Gasteiger partial charge in [0.2, 0.25) is 5.91 Å². The van der Waals surface area contributed by atoms with Gasteiger partial charge in [0.25, 0.3) is 0 Å². The molecule has 3 N–H and O–H groups in total. The number of rotatable bonds is 5. The van der Waals surface area contributed by atoms with Crippen molar-refractivity contribution in [2.75, 3.05) is 13.2 Å². The minimum Gasteiger partial charge on any atom is -0.457 e. The monoisotopic (exact) mass is 362 g/mol. The Kier molecular flexibility index (Phi) is 6.82. The van der Waals surface area contributed by atoms with E-state index in [0.717, 1.165) is 17.1 Å². The van der Waals surface area contributed by atoms with Crippen LogP contribution in [0.15, 0.2) is 54.6 Å². The van der Waals surface area contributed by atoms with Gasteiger partial charge in [-0.1, -0.05) is 36.4 Å². The van der Waals surface area contributed by atoms with E-state index in [-0.39, 0.29) is 18.3 Å². The molecule has 0 aromatic heterocycles. The maximum atomic E-state index is 12.4. The Bertz CT molecular complexity index is 688. The van der Waals surface area contributed by atoms with E-state index in [4.69, 9.17) is 15.2 Å². The molecule has 1 heterocycles. The zero-order valence-electron chi connectivity index (χ0n) is 13.9. The molecular weight excluding hydrogens is 340 g/mol. The molecule has 1 aliphatic rings. The van der Waals surface area contributed by atoms with Crippen LogP contribution in [0.2, 0.25) is 0 Å². The van der Waals surface area contributed by atoms with E-state index in [9.17, 15) is 4.79 Å². The molecule has 2 aromatic carbocycles. The van der Waals surface area contributed by atoms with Crippen molar-refractivity contribution < 1.29 is 14.3 Å². The van der Waals surface area contributed by atoms with Crippen LogP contribution in [-0.2, 0) is 16.1 Å². The minimum absolute atomic E-state index is 0. The third kappa shape index (κ3) is 4.95. The van der Waals surface area contributed by atoms with Crippen molar-refractivity contribution in [2.45, 2.75) is 24.9 Å². The molecule has 6 heteroatoms. The van der Waals surface area contributed by atoms with Crippen molar-refractivity contribution in [1.29, 1.82) is 0 Å². The van der Waals surface area contributed by atoms with Crippen molar-refractivity contribution >= 4 is 18.3 Å². The van der Waals surface area contributed by atoms with Crippen molar-refractivity contribution in [3.8, 4) is 11.5 Å². The summed E-state index contributed by atoms with van der Waals surface area (Å²) in [5.41, 5.74) is 6.27. The van der Waals surface area contributed by atoms with Crippen LogP contribution < -0.4 is 15.8 Å². The van der Waals surface area contributed by atoms with Crippen LogP contribution in [0.5, 0.6) is 11.5 Å². The van der Waals surface area contributed by atoms with Crippen molar-refractivity contribution in [2.24, 2.45) is 5.73 Å². The lowest BCUT2D eigenvalue weighted by atomic mass is 9.90.